The summed E-state index contributed by atoms with van der Waals surface area (Å²) in [7, 11) is 0. The summed E-state index contributed by atoms with van der Waals surface area (Å²) in [6.45, 7) is 13.1. The Bertz CT molecular complexity index is 692. The van der Waals surface area contributed by atoms with Gasteiger partial charge in [0.05, 0.1) is 6.61 Å². The highest BCUT2D eigenvalue weighted by atomic mass is 35.5. The third-order valence-corrected chi connectivity index (χ3v) is 6.27. The molecule has 1 aromatic rings. The monoisotopic (exact) mass is 377 g/mol. The van der Waals surface area contributed by atoms with Gasteiger partial charge in [0, 0.05) is 22.7 Å². The molecule has 0 saturated heterocycles. The summed E-state index contributed by atoms with van der Waals surface area (Å²) in [4.78, 5) is 18.3. The standard InChI is InChI=1S/C22H32ClNO2/c1-7-9-19(24-26-8-2)18-11-10-17(12-20(18)25)21-15(5)13(3)14(4)16(6)22(21)23/h17,24H,7-12H2,1-6H3. The molecular weight excluding hydrogens is 346 g/mol. The van der Waals surface area contributed by atoms with Gasteiger partial charge in [0.1, 0.15) is 0 Å². The minimum Gasteiger partial charge on any atom is -0.294 e. The maximum absolute atomic E-state index is 12.9. The van der Waals surface area contributed by atoms with Gasteiger partial charge in [-0.15, -0.1) is 0 Å². The highest BCUT2D eigenvalue weighted by molar-refractivity contribution is 6.32. The average molecular weight is 378 g/mol. The van der Waals surface area contributed by atoms with E-state index in [0.717, 1.165) is 47.5 Å². The van der Waals surface area contributed by atoms with E-state index in [-0.39, 0.29) is 11.7 Å². The van der Waals surface area contributed by atoms with E-state index in [2.05, 4.69) is 40.1 Å². The molecule has 1 atom stereocenters. The Hall–Kier alpha value is -1.32. The zero-order chi connectivity index (χ0) is 19.4. The molecule has 1 N–H and O–H groups in total. The molecule has 0 bridgehead atoms. The zero-order valence-corrected chi connectivity index (χ0v) is 17.8. The van der Waals surface area contributed by atoms with Crippen LogP contribution in [0.3, 0.4) is 0 Å². The number of nitrogens with one attached hydrogen (secondary N) is 1. The van der Waals surface area contributed by atoms with Crippen LogP contribution in [0.15, 0.2) is 11.3 Å². The van der Waals surface area contributed by atoms with Crippen molar-refractivity contribution >= 4 is 17.4 Å². The molecule has 1 aliphatic rings. The van der Waals surface area contributed by atoms with Gasteiger partial charge in [-0.1, -0.05) is 24.9 Å². The summed E-state index contributed by atoms with van der Waals surface area (Å²) >= 11 is 6.72. The number of hydrogen-bond acceptors (Lipinski definition) is 3. The van der Waals surface area contributed by atoms with Crippen LogP contribution in [0.25, 0.3) is 0 Å². The molecule has 4 heteroatoms. The molecule has 1 unspecified atom stereocenters. The van der Waals surface area contributed by atoms with Crippen LogP contribution in [0.4, 0.5) is 0 Å². The Morgan fingerprint density at radius 1 is 1.12 bits per heavy atom. The first-order valence-corrected chi connectivity index (χ1v) is 10.1. The fourth-order valence-electron chi connectivity index (χ4n) is 3.93. The minimum atomic E-state index is 0.201. The number of carbonyl (C=O) groups is 1. The Morgan fingerprint density at radius 2 is 1.77 bits per heavy atom. The van der Waals surface area contributed by atoms with Crippen molar-refractivity contribution in [2.45, 2.75) is 79.6 Å². The van der Waals surface area contributed by atoms with Crippen LogP contribution in [0, 0.1) is 27.7 Å². The van der Waals surface area contributed by atoms with Crippen LogP contribution in [0.1, 0.15) is 79.7 Å². The lowest BCUT2D eigenvalue weighted by Gasteiger charge is -2.29. The molecule has 0 aliphatic heterocycles. The van der Waals surface area contributed by atoms with E-state index in [9.17, 15) is 4.79 Å². The molecule has 0 spiro atoms. The molecule has 3 nitrogen and oxygen atoms in total. The lowest BCUT2D eigenvalue weighted by Crippen LogP contribution is -2.24. The van der Waals surface area contributed by atoms with E-state index in [1.54, 1.807) is 0 Å². The van der Waals surface area contributed by atoms with Crippen LogP contribution >= 0.6 is 11.6 Å². The average Bonchev–Trinajstić information content (AvgIpc) is 2.62. The van der Waals surface area contributed by atoms with Crippen LogP contribution in [0.5, 0.6) is 0 Å². The SMILES string of the molecule is CCCC(NOCC)=C1CCC(c2c(C)c(C)c(C)c(C)c2Cl)CC1=O. The lowest BCUT2D eigenvalue weighted by molar-refractivity contribution is -0.117. The predicted octanol–water partition coefficient (Wildman–Crippen LogP) is 6.01. The second-order valence-electron chi connectivity index (χ2n) is 7.33. The van der Waals surface area contributed by atoms with Gasteiger partial charge in [0.25, 0.3) is 0 Å². The Labute approximate surface area is 163 Å². The van der Waals surface area contributed by atoms with Crippen LogP contribution < -0.4 is 5.48 Å². The van der Waals surface area contributed by atoms with Crippen molar-refractivity contribution in [3.05, 3.63) is 44.1 Å². The summed E-state index contributed by atoms with van der Waals surface area (Å²) in [5.41, 5.74) is 11.0. The van der Waals surface area contributed by atoms with Gasteiger partial charge in [-0.3, -0.25) is 15.1 Å². The summed E-state index contributed by atoms with van der Waals surface area (Å²) in [6.07, 6.45) is 4.08. The maximum Gasteiger partial charge on any atom is 0.161 e. The van der Waals surface area contributed by atoms with Gasteiger partial charge < -0.3 is 0 Å². The number of allylic oxidation sites excluding steroid dienone is 2. The molecule has 0 heterocycles. The number of hydrogen-bond donors (Lipinski definition) is 1. The van der Waals surface area contributed by atoms with Gasteiger partial charge in [0.2, 0.25) is 0 Å². The van der Waals surface area contributed by atoms with Crippen LogP contribution in [-0.2, 0) is 9.63 Å². The molecule has 1 saturated carbocycles. The predicted molar refractivity (Wildman–Crippen MR) is 109 cm³/mol. The first-order chi connectivity index (χ1) is 12.3. The summed E-state index contributed by atoms with van der Waals surface area (Å²) < 4.78 is 0. The van der Waals surface area contributed by atoms with Crippen molar-refractivity contribution in [3.63, 3.8) is 0 Å². The number of hydroxylamine groups is 1. The maximum atomic E-state index is 12.9. The Kier molecular flexibility index (Phi) is 7.31. The number of benzene rings is 1. The smallest absolute Gasteiger partial charge is 0.161 e. The summed E-state index contributed by atoms with van der Waals surface area (Å²) in [5, 5.41) is 0.844. The van der Waals surface area contributed by atoms with Crippen LogP contribution in [-0.4, -0.2) is 12.4 Å². The van der Waals surface area contributed by atoms with E-state index >= 15 is 0 Å². The van der Waals surface area contributed by atoms with Crippen molar-refractivity contribution in [1.82, 2.24) is 5.48 Å². The summed E-state index contributed by atoms with van der Waals surface area (Å²) in [6, 6.07) is 0. The summed E-state index contributed by atoms with van der Waals surface area (Å²) in [5.74, 6) is 0.426. The van der Waals surface area contributed by atoms with E-state index < -0.39 is 0 Å². The van der Waals surface area contributed by atoms with Crippen molar-refractivity contribution in [2.75, 3.05) is 6.61 Å². The van der Waals surface area contributed by atoms with Crippen LogP contribution in [0.2, 0.25) is 5.02 Å². The van der Waals surface area contributed by atoms with Gasteiger partial charge in [0.15, 0.2) is 5.78 Å². The minimum absolute atomic E-state index is 0.201. The van der Waals surface area contributed by atoms with Crippen molar-refractivity contribution in [1.29, 1.82) is 0 Å². The number of carbonyl (C=O) groups excluding carboxylic acids is 1. The number of Topliss-reactive ketones (excluding diaryl/α,β-unsaturated/α-hetero) is 1. The Balaban J connectivity index is 2.33. The molecule has 1 aromatic carbocycles. The normalized spacial score (nSPS) is 19.7. The second-order valence-corrected chi connectivity index (χ2v) is 7.71. The highest BCUT2D eigenvalue weighted by Crippen LogP contribution is 2.42. The second kappa shape index (κ2) is 9.05. The quantitative estimate of drug-likeness (QED) is 0.487. The van der Waals surface area contributed by atoms with E-state index in [1.165, 1.54) is 22.3 Å². The molecule has 1 aliphatic carbocycles. The fourth-order valence-corrected chi connectivity index (χ4v) is 4.36. The third-order valence-electron chi connectivity index (χ3n) is 5.78. The first kappa shape index (κ1) is 21.0. The number of rotatable bonds is 6. The number of halogens is 1. The number of ketones is 1. The molecule has 0 aromatic heterocycles. The largest absolute Gasteiger partial charge is 0.294 e. The van der Waals surface area contributed by atoms with Crippen molar-refractivity contribution in [3.8, 4) is 0 Å². The molecule has 0 radical (unpaired) electrons. The van der Waals surface area contributed by atoms with Gasteiger partial charge >= 0.3 is 0 Å². The highest BCUT2D eigenvalue weighted by Gasteiger charge is 2.30. The molecule has 144 valence electrons. The third kappa shape index (κ3) is 4.15. The lowest BCUT2D eigenvalue weighted by atomic mass is 9.77. The van der Waals surface area contributed by atoms with Gasteiger partial charge in [-0.25, -0.2) is 0 Å². The zero-order valence-electron chi connectivity index (χ0n) is 17.0. The fraction of sp³-hybridized carbons (Fsp3) is 0.591. The van der Waals surface area contributed by atoms with Crippen molar-refractivity contribution < 1.29 is 9.63 Å². The molecule has 0 amide bonds. The van der Waals surface area contributed by atoms with Gasteiger partial charge in [-0.2, -0.15) is 0 Å². The molecular formula is C22H32ClNO2. The van der Waals surface area contributed by atoms with Crippen molar-refractivity contribution in [2.24, 2.45) is 0 Å². The van der Waals surface area contributed by atoms with E-state index in [1.807, 2.05) is 6.92 Å². The Morgan fingerprint density at radius 3 is 2.35 bits per heavy atom. The molecule has 2 rings (SSSR count). The van der Waals surface area contributed by atoms with E-state index in [0.29, 0.717) is 13.0 Å². The van der Waals surface area contributed by atoms with Gasteiger partial charge in [-0.05, 0) is 87.6 Å². The van der Waals surface area contributed by atoms with E-state index in [4.69, 9.17) is 16.4 Å². The molecule has 26 heavy (non-hydrogen) atoms. The first-order valence-electron chi connectivity index (χ1n) is 9.72. The topological polar surface area (TPSA) is 38.3 Å². The molecule has 1 fully saturated rings.